The Hall–Kier alpha value is -1.32. The molecule has 0 atom stereocenters. The summed E-state index contributed by atoms with van der Waals surface area (Å²) in [5.41, 5.74) is 3.20. The predicted octanol–water partition coefficient (Wildman–Crippen LogP) is 3.03. The molecule has 0 radical (unpaired) electrons. The van der Waals surface area contributed by atoms with Gasteiger partial charge in [-0.3, -0.25) is 0 Å². The summed E-state index contributed by atoms with van der Waals surface area (Å²) in [7, 11) is 3.35. The van der Waals surface area contributed by atoms with Crippen LogP contribution in [0, 0.1) is 6.92 Å². The van der Waals surface area contributed by atoms with Crippen LogP contribution in [0.5, 0.6) is 0 Å². The van der Waals surface area contributed by atoms with Crippen molar-refractivity contribution in [1.82, 2.24) is 0 Å². The molecule has 0 fully saturated rings. The van der Waals surface area contributed by atoms with Crippen molar-refractivity contribution in [1.29, 1.82) is 0 Å². The second-order valence-corrected chi connectivity index (χ2v) is 3.87. The predicted molar refractivity (Wildman–Crippen MR) is 62.4 cm³/mol. The van der Waals surface area contributed by atoms with E-state index in [0.29, 0.717) is 13.2 Å². The number of ether oxygens (including phenoxy) is 2. The molecule has 86 valence electrons. The Kier molecular flexibility index (Phi) is 3.27. The van der Waals surface area contributed by atoms with E-state index in [1.165, 1.54) is 5.56 Å². The molecule has 0 spiro atoms. The van der Waals surface area contributed by atoms with E-state index in [4.69, 9.17) is 13.9 Å². The van der Waals surface area contributed by atoms with Crippen molar-refractivity contribution < 1.29 is 13.9 Å². The van der Waals surface area contributed by atoms with Gasteiger partial charge in [-0.05, 0) is 19.1 Å². The molecule has 0 N–H and O–H groups in total. The Morgan fingerprint density at radius 3 is 2.56 bits per heavy atom. The lowest BCUT2D eigenvalue weighted by Crippen LogP contribution is -1.93. The van der Waals surface area contributed by atoms with Crippen LogP contribution >= 0.6 is 0 Å². The molecule has 1 heterocycles. The van der Waals surface area contributed by atoms with E-state index < -0.39 is 0 Å². The number of benzene rings is 1. The Labute approximate surface area is 95.0 Å². The van der Waals surface area contributed by atoms with Crippen LogP contribution in [0.4, 0.5) is 0 Å². The van der Waals surface area contributed by atoms with Crippen molar-refractivity contribution in [2.75, 3.05) is 14.2 Å². The number of rotatable bonds is 4. The zero-order valence-electron chi connectivity index (χ0n) is 9.87. The van der Waals surface area contributed by atoms with E-state index in [2.05, 4.69) is 13.0 Å². The zero-order chi connectivity index (χ0) is 11.5. The number of furan rings is 1. The molecule has 0 unspecified atom stereocenters. The van der Waals surface area contributed by atoms with E-state index in [1.807, 2.05) is 12.1 Å². The van der Waals surface area contributed by atoms with Gasteiger partial charge < -0.3 is 13.9 Å². The zero-order valence-corrected chi connectivity index (χ0v) is 9.87. The number of methoxy groups -OCH3 is 2. The maximum atomic E-state index is 5.74. The van der Waals surface area contributed by atoms with Crippen LogP contribution in [0.3, 0.4) is 0 Å². The second-order valence-electron chi connectivity index (χ2n) is 3.87. The van der Waals surface area contributed by atoms with Gasteiger partial charge >= 0.3 is 0 Å². The van der Waals surface area contributed by atoms with E-state index >= 15 is 0 Å². The highest BCUT2D eigenvalue weighted by Crippen LogP contribution is 2.28. The first-order valence-electron chi connectivity index (χ1n) is 5.25. The first-order valence-corrected chi connectivity index (χ1v) is 5.25. The van der Waals surface area contributed by atoms with Crippen molar-refractivity contribution in [3.63, 3.8) is 0 Å². The summed E-state index contributed by atoms with van der Waals surface area (Å²) >= 11 is 0. The SMILES string of the molecule is COCc1oc2ccc(C)cc2c1COC. The molecule has 0 aliphatic heterocycles. The van der Waals surface area contributed by atoms with Crippen LogP contribution in [0.2, 0.25) is 0 Å². The number of hydrogen-bond acceptors (Lipinski definition) is 3. The fraction of sp³-hybridized carbons (Fsp3) is 0.385. The normalized spacial score (nSPS) is 11.2. The second kappa shape index (κ2) is 4.68. The molecule has 0 bridgehead atoms. The van der Waals surface area contributed by atoms with Crippen LogP contribution < -0.4 is 0 Å². The van der Waals surface area contributed by atoms with Gasteiger partial charge in [-0.2, -0.15) is 0 Å². The highest BCUT2D eigenvalue weighted by Gasteiger charge is 2.13. The van der Waals surface area contributed by atoms with Crippen molar-refractivity contribution >= 4 is 11.0 Å². The van der Waals surface area contributed by atoms with Gasteiger partial charge in [-0.15, -0.1) is 0 Å². The fourth-order valence-corrected chi connectivity index (χ4v) is 1.86. The van der Waals surface area contributed by atoms with Gasteiger partial charge in [0, 0.05) is 25.2 Å². The first kappa shape index (κ1) is 11.2. The molecule has 1 aromatic carbocycles. The monoisotopic (exact) mass is 220 g/mol. The molecule has 2 rings (SSSR count). The minimum Gasteiger partial charge on any atom is -0.458 e. The molecule has 0 aliphatic carbocycles. The van der Waals surface area contributed by atoms with Gasteiger partial charge in [0.25, 0.3) is 0 Å². The van der Waals surface area contributed by atoms with E-state index in [-0.39, 0.29) is 0 Å². The van der Waals surface area contributed by atoms with E-state index in [1.54, 1.807) is 14.2 Å². The average Bonchev–Trinajstić information content (AvgIpc) is 2.58. The smallest absolute Gasteiger partial charge is 0.136 e. The maximum absolute atomic E-state index is 5.74. The van der Waals surface area contributed by atoms with Gasteiger partial charge in [-0.25, -0.2) is 0 Å². The molecule has 2 aromatic rings. The van der Waals surface area contributed by atoms with Crippen LogP contribution in [-0.4, -0.2) is 14.2 Å². The largest absolute Gasteiger partial charge is 0.458 e. The Balaban J connectivity index is 2.57. The van der Waals surface area contributed by atoms with Gasteiger partial charge in [0.15, 0.2) is 0 Å². The summed E-state index contributed by atoms with van der Waals surface area (Å²) in [6.45, 7) is 3.10. The molecule has 3 heteroatoms. The summed E-state index contributed by atoms with van der Waals surface area (Å²) < 4.78 is 16.1. The molecule has 0 aliphatic rings. The third kappa shape index (κ3) is 1.96. The lowest BCUT2D eigenvalue weighted by Gasteiger charge is -2.00. The summed E-state index contributed by atoms with van der Waals surface area (Å²) in [6.07, 6.45) is 0. The van der Waals surface area contributed by atoms with E-state index in [0.717, 1.165) is 22.3 Å². The summed E-state index contributed by atoms with van der Waals surface area (Å²) in [6, 6.07) is 6.15. The van der Waals surface area contributed by atoms with Crippen molar-refractivity contribution in [2.24, 2.45) is 0 Å². The number of hydrogen-bond donors (Lipinski definition) is 0. The van der Waals surface area contributed by atoms with Crippen LogP contribution in [0.15, 0.2) is 22.6 Å². The maximum Gasteiger partial charge on any atom is 0.136 e. The molecule has 1 aromatic heterocycles. The molecule has 0 saturated heterocycles. The van der Waals surface area contributed by atoms with Gasteiger partial charge in [0.05, 0.1) is 6.61 Å². The Bertz CT molecular complexity index is 485. The van der Waals surface area contributed by atoms with Crippen molar-refractivity contribution in [2.45, 2.75) is 20.1 Å². The molecule has 0 saturated carbocycles. The third-order valence-corrected chi connectivity index (χ3v) is 2.59. The quantitative estimate of drug-likeness (QED) is 0.793. The van der Waals surface area contributed by atoms with Crippen LogP contribution in [0.25, 0.3) is 11.0 Å². The van der Waals surface area contributed by atoms with Gasteiger partial charge in [-0.1, -0.05) is 11.6 Å². The molecule has 16 heavy (non-hydrogen) atoms. The van der Waals surface area contributed by atoms with Crippen molar-refractivity contribution in [3.05, 3.63) is 35.1 Å². The highest BCUT2D eigenvalue weighted by molar-refractivity contribution is 5.82. The summed E-state index contributed by atoms with van der Waals surface area (Å²) in [5.74, 6) is 0.852. The average molecular weight is 220 g/mol. The van der Waals surface area contributed by atoms with Gasteiger partial charge in [0.1, 0.15) is 18.0 Å². The molecule has 0 amide bonds. The Morgan fingerprint density at radius 1 is 1.12 bits per heavy atom. The number of fused-ring (bicyclic) bond motifs is 1. The van der Waals surface area contributed by atoms with E-state index in [9.17, 15) is 0 Å². The lowest BCUT2D eigenvalue weighted by molar-refractivity contribution is 0.154. The molecular formula is C13H16O3. The highest BCUT2D eigenvalue weighted by atomic mass is 16.5. The minimum atomic E-state index is 0.479. The van der Waals surface area contributed by atoms with Gasteiger partial charge in [0.2, 0.25) is 0 Å². The first-order chi connectivity index (χ1) is 7.76. The number of aryl methyl sites for hydroxylation is 1. The topological polar surface area (TPSA) is 31.6 Å². The third-order valence-electron chi connectivity index (χ3n) is 2.59. The van der Waals surface area contributed by atoms with Crippen LogP contribution in [-0.2, 0) is 22.7 Å². The standard InChI is InChI=1S/C13H16O3/c1-9-4-5-12-10(6-9)11(7-14-2)13(16-12)8-15-3/h4-6H,7-8H2,1-3H3. The molecular weight excluding hydrogens is 204 g/mol. The minimum absolute atomic E-state index is 0.479. The fourth-order valence-electron chi connectivity index (χ4n) is 1.86. The summed E-state index contributed by atoms with van der Waals surface area (Å²) in [5, 5.41) is 1.12. The summed E-state index contributed by atoms with van der Waals surface area (Å²) in [4.78, 5) is 0. The van der Waals surface area contributed by atoms with Crippen LogP contribution in [0.1, 0.15) is 16.9 Å². The Morgan fingerprint density at radius 2 is 1.88 bits per heavy atom. The molecule has 3 nitrogen and oxygen atoms in total. The lowest BCUT2D eigenvalue weighted by atomic mass is 10.1. The van der Waals surface area contributed by atoms with Crippen molar-refractivity contribution in [3.8, 4) is 0 Å².